The first-order valence-electron chi connectivity index (χ1n) is 11.3. The molecule has 0 spiro atoms. The molecule has 0 radical (unpaired) electrons. The smallest absolute Gasteiger partial charge is 0.324 e. The minimum atomic E-state index is -2.36. The van der Waals surface area contributed by atoms with Gasteiger partial charge in [0.1, 0.15) is 5.60 Å². The molecule has 2 bridgehead atoms. The molecule has 0 amide bonds. The number of ether oxygens (including phenoxy) is 2. The number of hydrogen-bond acceptors (Lipinski definition) is 7. The number of Topliss-reactive ketones (excluding diaryl/α,β-unsaturated/α-hetero) is 2. The van der Waals surface area contributed by atoms with Crippen LogP contribution < -0.4 is 0 Å². The lowest BCUT2D eigenvalue weighted by molar-refractivity contribution is -0.192. The molecule has 3 aliphatic carbocycles. The van der Waals surface area contributed by atoms with Gasteiger partial charge in [0.05, 0.1) is 18.9 Å². The Morgan fingerprint density at radius 1 is 1.15 bits per heavy atom. The van der Waals surface area contributed by atoms with Crippen LogP contribution in [-0.4, -0.2) is 46.9 Å². The Labute approximate surface area is 193 Å². The molecule has 5 atom stereocenters. The van der Waals surface area contributed by atoms with Gasteiger partial charge in [-0.3, -0.25) is 19.2 Å². The van der Waals surface area contributed by atoms with E-state index in [1.807, 2.05) is 33.8 Å². The summed E-state index contributed by atoms with van der Waals surface area (Å²) in [6, 6.07) is 0. The van der Waals surface area contributed by atoms with Crippen LogP contribution in [0.15, 0.2) is 34.9 Å². The summed E-state index contributed by atoms with van der Waals surface area (Å²) in [5.74, 6) is -3.14. The van der Waals surface area contributed by atoms with E-state index in [0.29, 0.717) is 0 Å². The van der Waals surface area contributed by atoms with Crippen molar-refractivity contribution in [2.24, 2.45) is 22.2 Å². The Hall–Kier alpha value is -2.54. The van der Waals surface area contributed by atoms with Crippen molar-refractivity contribution in [3.05, 3.63) is 34.9 Å². The minimum Gasteiger partial charge on any atom is -0.468 e. The second kappa shape index (κ2) is 6.53. The molecule has 0 unspecified atom stereocenters. The zero-order valence-electron chi connectivity index (χ0n) is 20.4. The van der Waals surface area contributed by atoms with Crippen molar-refractivity contribution in [3.8, 4) is 0 Å². The summed E-state index contributed by atoms with van der Waals surface area (Å²) in [5, 5.41) is 11.1. The number of esters is 2. The zero-order valence-corrected chi connectivity index (χ0v) is 20.4. The molecule has 7 nitrogen and oxygen atoms in total. The highest BCUT2D eigenvalue weighted by molar-refractivity contribution is 6.26. The van der Waals surface area contributed by atoms with E-state index in [-0.39, 0.29) is 30.8 Å². The van der Waals surface area contributed by atoms with E-state index in [4.69, 9.17) is 9.47 Å². The largest absolute Gasteiger partial charge is 0.468 e. The van der Waals surface area contributed by atoms with E-state index in [1.165, 1.54) is 14.0 Å². The molecule has 4 aliphatic rings. The molecule has 4 rings (SSSR count). The SMILES string of the molecule is C=C1[C@@]2(C)C[C@H]3C(C)=C4CC(=O)OC(C)(C)C4=CC[C@]3(C)[C@]1(C(=O)OC)C(=O)[C@@](C)(O)C2=O. The third-order valence-corrected chi connectivity index (χ3v) is 8.97. The Kier molecular flexibility index (Phi) is 4.67. The number of cyclic esters (lactones) is 1. The molecule has 0 aromatic carbocycles. The van der Waals surface area contributed by atoms with E-state index in [9.17, 15) is 24.3 Å². The number of rotatable bonds is 1. The first kappa shape index (κ1) is 23.6. The topological polar surface area (TPSA) is 107 Å². The van der Waals surface area contributed by atoms with E-state index in [2.05, 4.69) is 6.58 Å². The summed E-state index contributed by atoms with van der Waals surface area (Å²) in [4.78, 5) is 53.5. The summed E-state index contributed by atoms with van der Waals surface area (Å²) in [6.07, 6.45) is 2.55. The number of hydrogen-bond donors (Lipinski definition) is 1. The third kappa shape index (κ3) is 2.49. The normalized spacial score (nSPS) is 42.1. The van der Waals surface area contributed by atoms with Crippen LogP contribution in [0.25, 0.3) is 0 Å². The lowest BCUT2D eigenvalue weighted by Gasteiger charge is -2.63. The number of carbonyl (C=O) groups excluding carboxylic acids is 4. The Bertz CT molecular complexity index is 1090. The molecule has 1 aliphatic heterocycles. The van der Waals surface area contributed by atoms with Crippen LogP contribution in [0.1, 0.15) is 60.8 Å². The Balaban J connectivity index is 2.10. The first-order chi connectivity index (χ1) is 15.0. The van der Waals surface area contributed by atoms with Crippen molar-refractivity contribution in [1.29, 1.82) is 0 Å². The molecule has 1 N–H and O–H groups in total. The van der Waals surface area contributed by atoms with Crippen LogP contribution in [-0.2, 0) is 28.7 Å². The van der Waals surface area contributed by atoms with Crippen molar-refractivity contribution in [2.45, 2.75) is 72.0 Å². The molecule has 0 aromatic heterocycles. The number of aliphatic hydroxyl groups is 1. The molecule has 0 aromatic rings. The maximum atomic E-state index is 14.0. The maximum Gasteiger partial charge on any atom is 0.324 e. The average molecular weight is 457 g/mol. The van der Waals surface area contributed by atoms with E-state index in [1.54, 1.807) is 6.92 Å². The second-order valence-corrected chi connectivity index (χ2v) is 11.1. The molecule has 3 fully saturated rings. The number of methoxy groups -OCH3 is 1. The van der Waals surface area contributed by atoms with Crippen LogP contribution in [0.4, 0.5) is 0 Å². The highest BCUT2D eigenvalue weighted by Gasteiger charge is 2.78. The molecular formula is C26H32O7. The van der Waals surface area contributed by atoms with Gasteiger partial charge in [-0.15, -0.1) is 0 Å². The second-order valence-electron chi connectivity index (χ2n) is 11.1. The summed E-state index contributed by atoms with van der Waals surface area (Å²) in [5.41, 5.74) is -4.89. The molecule has 178 valence electrons. The van der Waals surface area contributed by atoms with Gasteiger partial charge in [-0.2, -0.15) is 0 Å². The van der Waals surface area contributed by atoms with Crippen LogP contribution in [0.3, 0.4) is 0 Å². The zero-order chi connectivity index (χ0) is 24.9. The molecule has 33 heavy (non-hydrogen) atoms. The van der Waals surface area contributed by atoms with Gasteiger partial charge in [-0.1, -0.05) is 25.2 Å². The maximum absolute atomic E-state index is 14.0. The number of carbonyl (C=O) groups is 4. The van der Waals surface area contributed by atoms with Gasteiger partial charge in [-0.25, -0.2) is 0 Å². The molecule has 1 saturated heterocycles. The summed E-state index contributed by atoms with van der Waals surface area (Å²) >= 11 is 0. The fraction of sp³-hybridized carbons (Fsp3) is 0.615. The van der Waals surface area contributed by atoms with E-state index >= 15 is 0 Å². The monoisotopic (exact) mass is 456 g/mol. The highest BCUT2D eigenvalue weighted by atomic mass is 16.6. The average Bonchev–Trinajstić information content (AvgIpc) is 2.82. The van der Waals surface area contributed by atoms with Crippen LogP contribution in [0.5, 0.6) is 0 Å². The summed E-state index contributed by atoms with van der Waals surface area (Å²) < 4.78 is 10.8. The van der Waals surface area contributed by atoms with Crippen molar-refractivity contribution >= 4 is 23.5 Å². The van der Waals surface area contributed by atoms with Crippen LogP contribution >= 0.6 is 0 Å². The van der Waals surface area contributed by atoms with Gasteiger partial charge in [0.25, 0.3) is 0 Å². The van der Waals surface area contributed by atoms with Crippen molar-refractivity contribution in [3.63, 3.8) is 0 Å². The molecular weight excluding hydrogens is 424 g/mol. The van der Waals surface area contributed by atoms with Gasteiger partial charge < -0.3 is 14.6 Å². The predicted molar refractivity (Wildman–Crippen MR) is 119 cm³/mol. The van der Waals surface area contributed by atoms with Gasteiger partial charge in [0, 0.05) is 5.41 Å². The van der Waals surface area contributed by atoms with Gasteiger partial charge in [-0.05, 0) is 70.1 Å². The van der Waals surface area contributed by atoms with Gasteiger partial charge in [0.15, 0.2) is 22.6 Å². The number of fused-ring (bicyclic) bond motifs is 5. The Morgan fingerprint density at radius 2 is 1.76 bits per heavy atom. The quantitative estimate of drug-likeness (QED) is 0.367. The minimum absolute atomic E-state index is 0.0795. The molecule has 1 heterocycles. The van der Waals surface area contributed by atoms with Crippen molar-refractivity contribution in [2.75, 3.05) is 7.11 Å². The third-order valence-electron chi connectivity index (χ3n) is 8.97. The van der Waals surface area contributed by atoms with Crippen LogP contribution in [0, 0.1) is 22.2 Å². The summed E-state index contributed by atoms with van der Waals surface area (Å²) in [7, 11) is 1.20. The Morgan fingerprint density at radius 3 is 2.33 bits per heavy atom. The number of ketones is 2. The van der Waals surface area contributed by atoms with E-state index < -0.39 is 50.9 Å². The lowest BCUT2D eigenvalue weighted by atomic mass is 9.36. The fourth-order valence-electron chi connectivity index (χ4n) is 7.16. The lowest BCUT2D eigenvalue weighted by Crippen LogP contribution is -2.74. The highest BCUT2D eigenvalue weighted by Crippen LogP contribution is 2.70. The standard InChI is InChI=1S/C26H32O7/c1-13-15-11-18(27)33-22(3,4)16(15)9-10-24(6)17(13)12-23(5)14(2)26(24,21(30)32-8)20(29)25(7,31)19(23)28/h9,17,31H,2,10-12H2,1,3-8H3/t17-,23+,24-,25-,26-/m0/s1. The van der Waals surface area contributed by atoms with Crippen LogP contribution in [0.2, 0.25) is 0 Å². The summed E-state index contributed by atoms with van der Waals surface area (Å²) in [6.45, 7) is 14.3. The van der Waals surface area contributed by atoms with Crippen molar-refractivity contribution < 1.29 is 33.8 Å². The van der Waals surface area contributed by atoms with Crippen molar-refractivity contribution in [1.82, 2.24) is 0 Å². The number of allylic oxidation sites excluding steroid dienone is 2. The first-order valence-corrected chi connectivity index (χ1v) is 11.3. The predicted octanol–water partition coefficient (Wildman–Crippen LogP) is 3.01. The fourth-order valence-corrected chi connectivity index (χ4v) is 7.16. The van der Waals surface area contributed by atoms with Gasteiger partial charge in [0.2, 0.25) is 0 Å². The molecule has 7 heteroatoms. The molecule has 2 saturated carbocycles. The van der Waals surface area contributed by atoms with Gasteiger partial charge >= 0.3 is 11.9 Å². The van der Waals surface area contributed by atoms with E-state index in [0.717, 1.165) is 16.7 Å².